The second-order valence-corrected chi connectivity index (χ2v) is 7.72. The number of hydrogen-bond acceptors (Lipinski definition) is 3. The Morgan fingerprint density at radius 1 is 1.18 bits per heavy atom. The monoisotopic (exact) mass is 302 g/mol. The molecule has 2 saturated carbocycles. The van der Waals surface area contributed by atoms with E-state index < -0.39 is 6.10 Å². The van der Waals surface area contributed by atoms with E-state index in [2.05, 4.69) is 6.92 Å². The lowest BCUT2D eigenvalue weighted by Crippen LogP contribution is -2.48. The molecular formula is C19H26O3. The number of fused-ring (bicyclic) bond motifs is 4. The molecule has 0 radical (unpaired) electrons. The van der Waals surface area contributed by atoms with Crippen LogP contribution in [0.5, 0.6) is 0 Å². The highest BCUT2D eigenvalue weighted by Gasteiger charge is 2.57. The maximum Gasteiger partial charge on any atom is 0.156 e. The summed E-state index contributed by atoms with van der Waals surface area (Å²) in [6.07, 6.45) is 8.15. The van der Waals surface area contributed by atoms with Crippen molar-refractivity contribution in [2.75, 3.05) is 0 Å². The predicted molar refractivity (Wildman–Crippen MR) is 84.2 cm³/mol. The van der Waals surface area contributed by atoms with Crippen LogP contribution in [0.2, 0.25) is 0 Å². The molecule has 0 amide bonds. The first-order valence-corrected chi connectivity index (χ1v) is 8.89. The molecule has 2 N–H and O–H groups in total. The normalized spacial score (nSPS) is 44.3. The van der Waals surface area contributed by atoms with E-state index in [1.54, 1.807) is 0 Å². The number of aliphatic hydroxyl groups is 2. The zero-order chi connectivity index (χ0) is 15.5. The number of carbonyl (C=O) groups excluding carboxylic acids is 1. The number of aliphatic hydroxyl groups excluding tert-OH is 2. The summed E-state index contributed by atoms with van der Waals surface area (Å²) in [5.41, 5.74) is 3.62. The highest BCUT2D eigenvalue weighted by molar-refractivity contribution is 5.93. The van der Waals surface area contributed by atoms with Crippen LogP contribution in [0.15, 0.2) is 22.8 Å². The Bertz CT molecular complexity index is 573. The SMILES string of the molecule is CC[C@]12C[C@H](O)C3=C4CCC(=O)C=C4CC[C@H]3[C@@H]1CC[C@@H]2O. The van der Waals surface area contributed by atoms with Gasteiger partial charge >= 0.3 is 0 Å². The third-order valence-corrected chi connectivity index (χ3v) is 7.05. The highest BCUT2D eigenvalue weighted by atomic mass is 16.3. The number of rotatable bonds is 1. The average molecular weight is 302 g/mol. The standard InChI is InChI=1S/C19H26O3/c1-2-19-10-16(21)18-13-6-4-12(20)9-11(13)3-5-14(18)15(19)7-8-17(19)22/h9,14-17,21-22H,2-8,10H2,1H3/t14-,15-,16-,17-,19-/m0/s1. The minimum Gasteiger partial charge on any atom is -0.393 e. The molecule has 4 aliphatic rings. The predicted octanol–water partition coefficient (Wildman–Crippen LogP) is 2.91. The maximum atomic E-state index is 11.7. The minimum atomic E-state index is -0.430. The zero-order valence-electron chi connectivity index (χ0n) is 13.3. The number of allylic oxidation sites excluding steroid dienone is 3. The van der Waals surface area contributed by atoms with Crippen molar-refractivity contribution in [1.29, 1.82) is 0 Å². The Kier molecular flexibility index (Phi) is 3.35. The molecule has 0 heterocycles. The van der Waals surface area contributed by atoms with Gasteiger partial charge in [0.1, 0.15) is 0 Å². The summed E-state index contributed by atoms with van der Waals surface area (Å²) in [6, 6.07) is 0. The van der Waals surface area contributed by atoms with Crippen LogP contribution in [-0.4, -0.2) is 28.2 Å². The van der Waals surface area contributed by atoms with Crippen LogP contribution >= 0.6 is 0 Å². The van der Waals surface area contributed by atoms with Crippen molar-refractivity contribution in [3.8, 4) is 0 Å². The number of hydrogen-bond donors (Lipinski definition) is 2. The molecule has 22 heavy (non-hydrogen) atoms. The molecular weight excluding hydrogens is 276 g/mol. The molecule has 0 unspecified atom stereocenters. The zero-order valence-corrected chi connectivity index (χ0v) is 13.3. The summed E-state index contributed by atoms with van der Waals surface area (Å²) in [4.78, 5) is 11.7. The molecule has 4 aliphatic carbocycles. The molecule has 0 aromatic carbocycles. The fraction of sp³-hybridized carbons (Fsp3) is 0.737. The van der Waals surface area contributed by atoms with Gasteiger partial charge in [-0.15, -0.1) is 0 Å². The van der Waals surface area contributed by atoms with Gasteiger partial charge in [0.2, 0.25) is 0 Å². The molecule has 0 bridgehead atoms. The lowest BCUT2D eigenvalue weighted by molar-refractivity contribution is -0.114. The van der Waals surface area contributed by atoms with Crippen molar-refractivity contribution < 1.29 is 15.0 Å². The fourth-order valence-corrected chi connectivity index (χ4v) is 6.03. The van der Waals surface area contributed by atoms with Gasteiger partial charge in [0, 0.05) is 11.8 Å². The van der Waals surface area contributed by atoms with E-state index in [0.29, 0.717) is 24.7 Å². The Balaban J connectivity index is 1.80. The lowest BCUT2D eigenvalue weighted by Gasteiger charge is -2.51. The minimum absolute atomic E-state index is 0.0835. The van der Waals surface area contributed by atoms with Gasteiger partial charge in [-0.25, -0.2) is 0 Å². The van der Waals surface area contributed by atoms with Gasteiger partial charge in [-0.05, 0) is 79.6 Å². The molecule has 3 nitrogen and oxygen atoms in total. The van der Waals surface area contributed by atoms with Crippen molar-refractivity contribution in [1.82, 2.24) is 0 Å². The molecule has 5 atom stereocenters. The van der Waals surface area contributed by atoms with Crippen LogP contribution in [0.4, 0.5) is 0 Å². The third kappa shape index (κ3) is 1.85. The molecule has 120 valence electrons. The first-order valence-electron chi connectivity index (χ1n) is 8.89. The second kappa shape index (κ2) is 5.04. The van der Waals surface area contributed by atoms with Crippen LogP contribution in [0.3, 0.4) is 0 Å². The Morgan fingerprint density at radius 2 is 2.00 bits per heavy atom. The van der Waals surface area contributed by atoms with E-state index in [-0.39, 0.29) is 17.3 Å². The van der Waals surface area contributed by atoms with E-state index >= 15 is 0 Å². The van der Waals surface area contributed by atoms with Crippen molar-refractivity contribution in [2.24, 2.45) is 17.3 Å². The van der Waals surface area contributed by atoms with Gasteiger partial charge in [0.05, 0.1) is 12.2 Å². The second-order valence-electron chi connectivity index (χ2n) is 7.72. The van der Waals surface area contributed by atoms with Gasteiger partial charge in [-0.3, -0.25) is 4.79 Å². The summed E-state index contributed by atoms with van der Waals surface area (Å²) < 4.78 is 0. The van der Waals surface area contributed by atoms with Crippen LogP contribution < -0.4 is 0 Å². The Labute approximate surface area is 132 Å². The van der Waals surface area contributed by atoms with Gasteiger partial charge in [0.25, 0.3) is 0 Å². The van der Waals surface area contributed by atoms with Gasteiger partial charge in [-0.2, -0.15) is 0 Å². The van der Waals surface area contributed by atoms with Crippen molar-refractivity contribution in [3.63, 3.8) is 0 Å². The van der Waals surface area contributed by atoms with Crippen LogP contribution in [-0.2, 0) is 4.79 Å². The quantitative estimate of drug-likeness (QED) is 0.783. The lowest BCUT2D eigenvalue weighted by atomic mass is 9.55. The summed E-state index contributed by atoms with van der Waals surface area (Å²) in [5.74, 6) is 1.17. The average Bonchev–Trinajstić information content (AvgIpc) is 2.84. The molecule has 0 spiro atoms. The molecule has 2 fully saturated rings. The molecule has 4 rings (SSSR count). The molecule has 0 aromatic rings. The van der Waals surface area contributed by atoms with E-state index in [0.717, 1.165) is 38.5 Å². The van der Waals surface area contributed by atoms with Gasteiger partial charge in [-0.1, -0.05) is 6.92 Å². The van der Waals surface area contributed by atoms with E-state index in [1.807, 2.05) is 6.08 Å². The van der Waals surface area contributed by atoms with E-state index in [4.69, 9.17) is 0 Å². The van der Waals surface area contributed by atoms with Crippen LogP contribution in [0.1, 0.15) is 58.3 Å². The Morgan fingerprint density at radius 3 is 2.77 bits per heavy atom. The summed E-state index contributed by atoms with van der Waals surface area (Å²) >= 11 is 0. The molecule has 0 aromatic heterocycles. The van der Waals surface area contributed by atoms with Crippen LogP contribution in [0, 0.1) is 17.3 Å². The first-order chi connectivity index (χ1) is 10.6. The number of ketones is 1. The van der Waals surface area contributed by atoms with Crippen molar-refractivity contribution >= 4 is 5.78 Å². The molecule has 0 aliphatic heterocycles. The Hall–Kier alpha value is -0.930. The first kappa shape index (κ1) is 14.6. The van der Waals surface area contributed by atoms with Crippen molar-refractivity contribution in [2.45, 2.75) is 70.5 Å². The summed E-state index contributed by atoms with van der Waals surface area (Å²) in [7, 11) is 0. The van der Waals surface area contributed by atoms with Gasteiger partial charge < -0.3 is 10.2 Å². The smallest absolute Gasteiger partial charge is 0.156 e. The third-order valence-electron chi connectivity index (χ3n) is 7.05. The highest BCUT2D eigenvalue weighted by Crippen LogP contribution is 2.61. The number of carbonyl (C=O) groups is 1. The summed E-state index contributed by atoms with van der Waals surface area (Å²) in [6.45, 7) is 2.17. The van der Waals surface area contributed by atoms with Crippen LogP contribution in [0.25, 0.3) is 0 Å². The van der Waals surface area contributed by atoms with Gasteiger partial charge in [0.15, 0.2) is 5.78 Å². The van der Waals surface area contributed by atoms with E-state index in [9.17, 15) is 15.0 Å². The fourth-order valence-electron chi connectivity index (χ4n) is 6.03. The summed E-state index contributed by atoms with van der Waals surface area (Å²) in [5, 5.41) is 21.5. The largest absolute Gasteiger partial charge is 0.393 e. The molecule has 0 saturated heterocycles. The van der Waals surface area contributed by atoms with Crippen molar-refractivity contribution in [3.05, 3.63) is 22.8 Å². The van der Waals surface area contributed by atoms with E-state index in [1.165, 1.54) is 16.7 Å². The topological polar surface area (TPSA) is 57.5 Å². The maximum absolute atomic E-state index is 11.7. The molecule has 3 heteroatoms.